The molecular weight excluding hydrogens is 160 g/mol. The zero-order valence-electron chi connectivity index (χ0n) is 7.16. The van der Waals surface area contributed by atoms with E-state index in [9.17, 15) is 4.79 Å². The number of aliphatic hydroxyl groups excluding tert-OH is 1. The largest absolute Gasteiger partial charge is 0.461 e. The molecule has 12 heavy (non-hydrogen) atoms. The minimum Gasteiger partial charge on any atom is -0.461 e. The zero-order valence-corrected chi connectivity index (χ0v) is 7.16. The molecular formula is C8H14O4. The highest BCUT2D eigenvalue weighted by Gasteiger charge is 2.18. The lowest BCUT2D eigenvalue weighted by atomic mass is 10.2. The van der Waals surface area contributed by atoms with E-state index in [2.05, 4.69) is 0 Å². The third-order valence-electron chi connectivity index (χ3n) is 1.78. The van der Waals surface area contributed by atoms with Crippen LogP contribution in [0, 0.1) is 0 Å². The number of hydrogen-bond acceptors (Lipinski definition) is 4. The van der Waals surface area contributed by atoms with Crippen molar-refractivity contribution in [1.82, 2.24) is 0 Å². The van der Waals surface area contributed by atoms with Crippen molar-refractivity contribution in [2.75, 3.05) is 13.2 Å². The average Bonchev–Trinajstić information content (AvgIpc) is 2.51. The van der Waals surface area contributed by atoms with Crippen LogP contribution in [0.3, 0.4) is 0 Å². The summed E-state index contributed by atoms with van der Waals surface area (Å²) in [7, 11) is 0. The molecule has 0 aliphatic carbocycles. The van der Waals surface area contributed by atoms with Crippen molar-refractivity contribution < 1.29 is 19.4 Å². The third-order valence-corrected chi connectivity index (χ3v) is 1.78. The van der Waals surface area contributed by atoms with E-state index >= 15 is 0 Å². The van der Waals surface area contributed by atoms with Gasteiger partial charge in [-0.25, -0.2) is 4.79 Å². The molecule has 1 rings (SSSR count). The van der Waals surface area contributed by atoms with Gasteiger partial charge in [-0.15, -0.1) is 0 Å². The second-order valence-electron chi connectivity index (χ2n) is 2.94. The van der Waals surface area contributed by atoms with Crippen LogP contribution in [0.25, 0.3) is 0 Å². The number of esters is 1. The van der Waals surface area contributed by atoms with Crippen molar-refractivity contribution in [3.8, 4) is 0 Å². The topological polar surface area (TPSA) is 55.8 Å². The van der Waals surface area contributed by atoms with E-state index in [1.54, 1.807) is 0 Å². The first-order valence-electron chi connectivity index (χ1n) is 4.16. The van der Waals surface area contributed by atoms with Crippen molar-refractivity contribution in [2.24, 2.45) is 0 Å². The minimum absolute atomic E-state index is 0.0349. The van der Waals surface area contributed by atoms with Crippen LogP contribution < -0.4 is 0 Å². The molecule has 4 heteroatoms. The highest BCUT2D eigenvalue weighted by atomic mass is 16.6. The molecule has 1 fully saturated rings. The predicted molar refractivity (Wildman–Crippen MR) is 41.6 cm³/mol. The number of ether oxygens (including phenoxy) is 2. The van der Waals surface area contributed by atoms with Crippen LogP contribution in [0.15, 0.2) is 0 Å². The summed E-state index contributed by atoms with van der Waals surface area (Å²) in [5.74, 6) is -0.578. The van der Waals surface area contributed by atoms with E-state index in [1.165, 1.54) is 6.92 Å². The van der Waals surface area contributed by atoms with Gasteiger partial charge in [0, 0.05) is 6.61 Å². The first-order chi connectivity index (χ1) is 5.70. The SMILES string of the molecule is CC(O)C(=O)OCC1CCCO1. The van der Waals surface area contributed by atoms with Crippen LogP contribution >= 0.6 is 0 Å². The quantitative estimate of drug-likeness (QED) is 0.616. The molecule has 2 unspecified atom stereocenters. The maximum absolute atomic E-state index is 10.8. The molecule has 0 radical (unpaired) electrons. The van der Waals surface area contributed by atoms with Gasteiger partial charge in [-0.3, -0.25) is 0 Å². The monoisotopic (exact) mass is 174 g/mol. The van der Waals surface area contributed by atoms with Crippen LogP contribution in [0.2, 0.25) is 0 Å². The Kier molecular flexibility index (Phi) is 3.49. The van der Waals surface area contributed by atoms with Crippen LogP contribution in [0.1, 0.15) is 19.8 Å². The second-order valence-corrected chi connectivity index (χ2v) is 2.94. The third kappa shape index (κ3) is 2.79. The van der Waals surface area contributed by atoms with Crippen molar-refractivity contribution >= 4 is 5.97 Å². The van der Waals surface area contributed by atoms with E-state index in [0.29, 0.717) is 0 Å². The maximum atomic E-state index is 10.8. The molecule has 1 aliphatic rings. The molecule has 2 atom stereocenters. The van der Waals surface area contributed by atoms with Gasteiger partial charge in [0.05, 0.1) is 6.10 Å². The van der Waals surface area contributed by atoms with E-state index < -0.39 is 12.1 Å². The Labute approximate surface area is 71.5 Å². The number of rotatable bonds is 3. The Balaban J connectivity index is 2.12. The molecule has 0 aromatic carbocycles. The molecule has 0 saturated carbocycles. The number of carbonyl (C=O) groups excluding carboxylic acids is 1. The van der Waals surface area contributed by atoms with Crippen molar-refractivity contribution in [1.29, 1.82) is 0 Å². The lowest BCUT2D eigenvalue weighted by Gasteiger charge is -2.10. The van der Waals surface area contributed by atoms with E-state index in [0.717, 1.165) is 19.4 Å². The zero-order chi connectivity index (χ0) is 8.97. The van der Waals surface area contributed by atoms with Crippen LogP contribution in [0.4, 0.5) is 0 Å². The van der Waals surface area contributed by atoms with Crippen molar-refractivity contribution in [3.05, 3.63) is 0 Å². The summed E-state index contributed by atoms with van der Waals surface area (Å²) in [6, 6.07) is 0. The summed E-state index contributed by atoms with van der Waals surface area (Å²) in [6.07, 6.45) is 0.961. The van der Waals surface area contributed by atoms with Gasteiger partial charge in [0.2, 0.25) is 0 Å². The van der Waals surface area contributed by atoms with Crippen LogP contribution in [0.5, 0.6) is 0 Å². The Bertz CT molecular complexity index is 149. The highest BCUT2D eigenvalue weighted by molar-refractivity contribution is 5.73. The van der Waals surface area contributed by atoms with Gasteiger partial charge in [0.15, 0.2) is 0 Å². The lowest BCUT2D eigenvalue weighted by molar-refractivity contribution is -0.155. The van der Waals surface area contributed by atoms with Gasteiger partial charge in [0.25, 0.3) is 0 Å². The van der Waals surface area contributed by atoms with Gasteiger partial charge in [0.1, 0.15) is 12.7 Å². The number of carbonyl (C=O) groups is 1. The van der Waals surface area contributed by atoms with Gasteiger partial charge < -0.3 is 14.6 Å². The summed E-state index contributed by atoms with van der Waals surface area (Å²) in [5.41, 5.74) is 0. The summed E-state index contributed by atoms with van der Waals surface area (Å²) in [4.78, 5) is 10.8. The van der Waals surface area contributed by atoms with Gasteiger partial charge in [-0.2, -0.15) is 0 Å². The van der Waals surface area contributed by atoms with Gasteiger partial charge >= 0.3 is 5.97 Å². The summed E-state index contributed by atoms with van der Waals surface area (Å²) in [5, 5.41) is 8.78. The molecule has 0 aromatic heterocycles. The highest BCUT2D eigenvalue weighted by Crippen LogP contribution is 2.11. The molecule has 0 aromatic rings. The fourth-order valence-corrected chi connectivity index (χ4v) is 1.07. The van der Waals surface area contributed by atoms with Gasteiger partial charge in [-0.05, 0) is 19.8 Å². The Morgan fingerprint density at radius 1 is 1.83 bits per heavy atom. The Hall–Kier alpha value is -0.610. The summed E-state index contributed by atoms with van der Waals surface area (Å²) >= 11 is 0. The maximum Gasteiger partial charge on any atom is 0.334 e. The van der Waals surface area contributed by atoms with Crippen LogP contribution in [-0.4, -0.2) is 36.5 Å². The van der Waals surface area contributed by atoms with E-state index in [-0.39, 0.29) is 12.7 Å². The predicted octanol–water partition coefficient (Wildman–Crippen LogP) is 0.0894. The molecule has 0 spiro atoms. The number of hydrogen-bond donors (Lipinski definition) is 1. The number of aliphatic hydroxyl groups is 1. The summed E-state index contributed by atoms with van der Waals surface area (Å²) in [6.45, 7) is 2.40. The molecule has 1 saturated heterocycles. The van der Waals surface area contributed by atoms with E-state index in [4.69, 9.17) is 14.6 Å². The first kappa shape index (κ1) is 9.48. The standard InChI is InChI=1S/C8H14O4/c1-6(9)8(10)12-5-7-3-2-4-11-7/h6-7,9H,2-5H2,1H3. The molecule has 1 heterocycles. The fraction of sp³-hybridized carbons (Fsp3) is 0.875. The normalized spacial score (nSPS) is 25.3. The Morgan fingerprint density at radius 3 is 3.08 bits per heavy atom. The lowest BCUT2D eigenvalue weighted by Crippen LogP contribution is -2.24. The van der Waals surface area contributed by atoms with Crippen molar-refractivity contribution in [2.45, 2.75) is 32.0 Å². The first-order valence-corrected chi connectivity index (χ1v) is 4.16. The van der Waals surface area contributed by atoms with Crippen molar-refractivity contribution in [3.63, 3.8) is 0 Å². The molecule has 70 valence electrons. The molecule has 1 N–H and O–H groups in total. The molecule has 4 nitrogen and oxygen atoms in total. The van der Waals surface area contributed by atoms with Gasteiger partial charge in [-0.1, -0.05) is 0 Å². The molecule has 1 aliphatic heterocycles. The minimum atomic E-state index is -1.04. The smallest absolute Gasteiger partial charge is 0.334 e. The summed E-state index contributed by atoms with van der Waals surface area (Å²) < 4.78 is 10.00. The van der Waals surface area contributed by atoms with Crippen LogP contribution in [-0.2, 0) is 14.3 Å². The van der Waals surface area contributed by atoms with E-state index in [1.807, 2.05) is 0 Å². The molecule has 0 bridgehead atoms. The second kappa shape index (κ2) is 4.42. The Morgan fingerprint density at radius 2 is 2.58 bits per heavy atom. The average molecular weight is 174 g/mol. The fourth-order valence-electron chi connectivity index (χ4n) is 1.07. The molecule has 0 amide bonds.